The van der Waals surface area contributed by atoms with Gasteiger partial charge in [-0.25, -0.2) is 9.97 Å². The molecule has 4 nitrogen and oxygen atoms in total. The van der Waals surface area contributed by atoms with Crippen LogP contribution < -0.4 is 0 Å². The van der Waals surface area contributed by atoms with Gasteiger partial charge in [-0.15, -0.1) is 11.3 Å². The predicted molar refractivity (Wildman–Crippen MR) is 106 cm³/mol. The number of halogens is 2. The maximum absolute atomic E-state index is 12.8. The summed E-state index contributed by atoms with van der Waals surface area (Å²) < 4.78 is 1.79. The third-order valence-electron chi connectivity index (χ3n) is 4.48. The Bertz CT molecular complexity index is 762. The van der Waals surface area contributed by atoms with Crippen molar-refractivity contribution in [3.8, 4) is 0 Å². The Labute approximate surface area is 162 Å². The van der Waals surface area contributed by atoms with Crippen LogP contribution in [-0.2, 0) is 0 Å². The van der Waals surface area contributed by atoms with E-state index in [9.17, 15) is 4.79 Å². The van der Waals surface area contributed by atoms with E-state index in [-0.39, 0.29) is 5.91 Å². The minimum absolute atomic E-state index is 0.0754. The SMILES string of the molecule is C=C1c2nc3c(Br)sc(Br)c3nc2C(=O)N1CC(CC)CCCC. The van der Waals surface area contributed by atoms with E-state index in [1.165, 1.54) is 24.2 Å². The number of rotatable bonds is 6. The summed E-state index contributed by atoms with van der Waals surface area (Å²) in [5, 5.41) is 0. The molecule has 0 saturated carbocycles. The van der Waals surface area contributed by atoms with Gasteiger partial charge < -0.3 is 4.90 Å². The van der Waals surface area contributed by atoms with Crippen molar-refractivity contribution in [3.05, 3.63) is 25.5 Å². The minimum Gasteiger partial charge on any atom is -0.305 e. The molecular formula is C17H19Br2N3OS. The van der Waals surface area contributed by atoms with Crippen LogP contribution in [0.3, 0.4) is 0 Å². The third-order valence-corrected chi connectivity index (χ3v) is 6.95. The van der Waals surface area contributed by atoms with Gasteiger partial charge in [-0.2, -0.15) is 0 Å². The van der Waals surface area contributed by atoms with Crippen LogP contribution in [0.15, 0.2) is 14.2 Å². The highest BCUT2D eigenvalue weighted by atomic mass is 79.9. The maximum Gasteiger partial charge on any atom is 0.279 e. The summed E-state index contributed by atoms with van der Waals surface area (Å²) in [6.07, 6.45) is 4.55. The van der Waals surface area contributed by atoms with E-state index >= 15 is 0 Å². The topological polar surface area (TPSA) is 46.1 Å². The Morgan fingerprint density at radius 3 is 2.38 bits per heavy atom. The van der Waals surface area contributed by atoms with Crippen molar-refractivity contribution < 1.29 is 4.79 Å². The first-order valence-electron chi connectivity index (χ1n) is 8.14. The molecule has 0 fully saturated rings. The van der Waals surface area contributed by atoms with Gasteiger partial charge in [0, 0.05) is 6.54 Å². The van der Waals surface area contributed by atoms with Gasteiger partial charge in [-0.1, -0.05) is 39.7 Å². The first kappa shape index (κ1) is 18.0. The monoisotopic (exact) mass is 471 g/mol. The summed E-state index contributed by atoms with van der Waals surface area (Å²) in [4.78, 5) is 23.8. The van der Waals surface area contributed by atoms with Crippen molar-refractivity contribution in [1.29, 1.82) is 0 Å². The molecule has 128 valence electrons. The molecule has 1 aliphatic heterocycles. The molecule has 0 radical (unpaired) electrons. The van der Waals surface area contributed by atoms with E-state index in [1.807, 2.05) is 0 Å². The summed E-state index contributed by atoms with van der Waals surface area (Å²) in [7, 11) is 0. The van der Waals surface area contributed by atoms with Crippen LogP contribution >= 0.6 is 43.2 Å². The fraction of sp³-hybridized carbons (Fsp3) is 0.471. The maximum atomic E-state index is 12.8. The Balaban J connectivity index is 1.93. The molecule has 7 heteroatoms. The second-order valence-corrected chi connectivity index (χ2v) is 9.70. The van der Waals surface area contributed by atoms with Crippen molar-refractivity contribution in [3.63, 3.8) is 0 Å². The molecule has 0 spiro atoms. The van der Waals surface area contributed by atoms with Crippen LogP contribution in [0, 0.1) is 5.92 Å². The molecule has 2 aromatic rings. The summed E-state index contributed by atoms with van der Waals surface area (Å²) in [5.41, 5.74) is 3.22. The summed E-state index contributed by atoms with van der Waals surface area (Å²) >= 11 is 8.52. The second-order valence-electron chi connectivity index (χ2n) is 6.05. The number of aromatic nitrogens is 2. The number of unbranched alkanes of at least 4 members (excludes halogenated alkanes) is 1. The average Bonchev–Trinajstić information content (AvgIpc) is 2.98. The van der Waals surface area contributed by atoms with Gasteiger partial charge in [-0.05, 0) is 44.2 Å². The molecule has 0 N–H and O–H groups in total. The number of carbonyl (C=O) groups is 1. The van der Waals surface area contributed by atoms with Gasteiger partial charge in [0.1, 0.15) is 16.7 Å². The van der Waals surface area contributed by atoms with Crippen LogP contribution in [-0.4, -0.2) is 27.3 Å². The highest BCUT2D eigenvalue weighted by Gasteiger charge is 2.36. The highest BCUT2D eigenvalue weighted by molar-refractivity contribution is 9.12. The number of hydrogen-bond donors (Lipinski definition) is 0. The van der Waals surface area contributed by atoms with Gasteiger partial charge in [0.25, 0.3) is 5.91 Å². The number of amides is 1. The fourth-order valence-corrected chi connectivity index (χ4v) is 5.79. The third kappa shape index (κ3) is 3.06. The molecule has 24 heavy (non-hydrogen) atoms. The molecule has 0 saturated heterocycles. The van der Waals surface area contributed by atoms with Crippen molar-refractivity contribution in [2.45, 2.75) is 39.5 Å². The molecule has 1 atom stereocenters. The second kappa shape index (κ2) is 7.22. The highest BCUT2D eigenvalue weighted by Crippen LogP contribution is 2.40. The van der Waals surface area contributed by atoms with Crippen molar-refractivity contribution in [1.82, 2.24) is 14.9 Å². The lowest BCUT2D eigenvalue weighted by Crippen LogP contribution is -2.29. The van der Waals surface area contributed by atoms with Crippen molar-refractivity contribution in [2.75, 3.05) is 6.54 Å². The van der Waals surface area contributed by atoms with Crippen molar-refractivity contribution in [2.24, 2.45) is 5.92 Å². The van der Waals surface area contributed by atoms with E-state index in [1.54, 1.807) is 4.90 Å². The molecule has 0 bridgehead atoms. The first-order valence-corrected chi connectivity index (χ1v) is 10.5. The molecule has 1 aliphatic rings. The average molecular weight is 473 g/mol. The lowest BCUT2D eigenvalue weighted by Gasteiger charge is -2.23. The van der Waals surface area contributed by atoms with Crippen LogP contribution in [0.1, 0.15) is 55.7 Å². The number of nitrogens with zero attached hydrogens (tertiary/aromatic N) is 3. The molecule has 0 aromatic carbocycles. The standard InChI is InChI=1S/C17H19Br2N3OS/c1-4-6-7-10(5-2)8-22-9(3)11-14(17(22)23)21-13-12(20-11)15(18)24-16(13)19/h10H,3-8H2,1-2H3. The van der Waals surface area contributed by atoms with E-state index in [4.69, 9.17) is 0 Å². The lowest BCUT2D eigenvalue weighted by molar-refractivity contribution is 0.0825. The smallest absolute Gasteiger partial charge is 0.279 e. The molecule has 1 amide bonds. The molecule has 3 rings (SSSR count). The normalized spacial score (nSPS) is 15.4. The zero-order valence-electron chi connectivity index (χ0n) is 13.7. The molecule has 2 aromatic heterocycles. The van der Waals surface area contributed by atoms with E-state index in [2.05, 4.69) is 62.3 Å². The predicted octanol–water partition coefficient (Wildman–Crippen LogP) is 5.86. The van der Waals surface area contributed by atoms with Gasteiger partial charge >= 0.3 is 0 Å². The van der Waals surface area contributed by atoms with Crippen LogP contribution in [0.5, 0.6) is 0 Å². The minimum atomic E-state index is -0.0754. The van der Waals surface area contributed by atoms with Gasteiger partial charge in [-0.3, -0.25) is 4.79 Å². The van der Waals surface area contributed by atoms with Crippen molar-refractivity contribution >= 4 is 65.8 Å². The van der Waals surface area contributed by atoms with E-state index < -0.39 is 0 Å². The number of carbonyl (C=O) groups excluding carboxylic acids is 1. The summed E-state index contributed by atoms with van der Waals surface area (Å²) in [6.45, 7) is 9.18. The zero-order valence-corrected chi connectivity index (χ0v) is 17.7. The Hall–Kier alpha value is -0.790. The number of hydrogen-bond acceptors (Lipinski definition) is 4. The first-order chi connectivity index (χ1) is 11.5. The van der Waals surface area contributed by atoms with E-state index in [0.717, 1.165) is 31.4 Å². The summed E-state index contributed by atoms with van der Waals surface area (Å²) in [5.74, 6) is 0.410. The molecular weight excluding hydrogens is 454 g/mol. The quantitative estimate of drug-likeness (QED) is 0.528. The molecule has 0 aliphatic carbocycles. The van der Waals surface area contributed by atoms with E-state index in [0.29, 0.717) is 29.5 Å². The van der Waals surface area contributed by atoms with Gasteiger partial charge in [0.15, 0.2) is 5.69 Å². The Morgan fingerprint density at radius 1 is 1.17 bits per heavy atom. The number of thiophene rings is 1. The van der Waals surface area contributed by atoms with Gasteiger partial charge in [0.05, 0.1) is 13.3 Å². The number of fused-ring (bicyclic) bond motifs is 2. The fourth-order valence-electron chi connectivity index (χ4n) is 2.98. The van der Waals surface area contributed by atoms with Crippen LogP contribution in [0.25, 0.3) is 16.7 Å². The Kier molecular flexibility index (Phi) is 5.42. The molecule has 1 unspecified atom stereocenters. The zero-order chi connectivity index (χ0) is 17.4. The largest absolute Gasteiger partial charge is 0.305 e. The lowest BCUT2D eigenvalue weighted by atomic mass is 9.99. The van der Waals surface area contributed by atoms with Crippen LogP contribution in [0.4, 0.5) is 0 Å². The Morgan fingerprint density at radius 2 is 1.79 bits per heavy atom. The summed E-state index contributed by atoms with van der Waals surface area (Å²) in [6, 6.07) is 0. The van der Waals surface area contributed by atoms with Gasteiger partial charge in [0.2, 0.25) is 0 Å². The molecule has 3 heterocycles. The van der Waals surface area contributed by atoms with Crippen LogP contribution in [0.2, 0.25) is 0 Å².